The number of hydrazine groups is 1. The highest BCUT2D eigenvalue weighted by atomic mass is 16.2. The summed E-state index contributed by atoms with van der Waals surface area (Å²) in [4.78, 5) is 42.8. The number of aromatic nitrogens is 1. The molecule has 1 atom stereocenters. The Kier molecular flexibility index (Phi) is 6.25. The van der Waals surface area contributed by atoms with Gasteiger partial charge in [-0.1, -0.05) is 35.4 Å². The molecule has 166 valence electrons. The highest BCUT2D eigenvalue weighted by molar-refractivity contribution is 5.95. The van der Waals surface area contributed by atoms with Crippen molar-refractivity contribution in [3.63, 3.8) is 0 Å². The van der Waals surface area contributed by atoms with E-state index in [2.05, 4.69) is 15.8 Å². The molecule has 32 heavy (non-hydrogen) atoms. The summed E-state index contributed by atoms with van der Waals surface area (Å²) in [6.45, 7) is 4.91. The summed E-state index contributed by atoms with van der Waals surface area (Å²) in [5.41, 5.74) is 9.63. The lowest BCUT2D eigenvalue weighted by atomic mass is 9.96. The molecule has 1 fully saturated rings. The van der Waals surface area contributed by atoms with Crippen LogP contribution in [0.2, 0.25) is 0 Å². The standard InChI is InChI=1S/C25H28N4O3/c1-16-10-17(2)12-19(11-16)25(32)29-9-5-6-18(15-29)24(31)28-27-23(30)13-20-14-26-22-8-4-3-7-21(20)22/h3-4,7-8,10-12,14,18,26H,5-6,9,13,15H2,1-2H3,(H,27,30)(H,28,31). The van der Waals surface area contributed by atoms with Gasteiger partial charge in [-0.05, 0) is 50.5 Å². The molecule has 3 N–H and O–H groups in total. The number of likely N-dealkylation sites (tertiary alicyclic amines) is 1. The number of piperidine rings is 1. The summed E-state index contributed by atoms with van der Waals surface area (Å²) in [5, 5.41) is 0.988. The molecule has 1 aromatic heterocycles. The smallest absolute Gasteiger partial charge is 0.253 e. The van der Waals surface area contributed by atoms with Crippen LogP contribution in [0.1, 0.15) is 39.9 Å². The van der Waals surface area contributed by atoms with Gasteiger partial charge in [-0.15, -0.1) is 0 Å². The van der Waals surface area contributed by atoms with Crippen molar-refractivity contribution in [3.8, 4) is 0 Å². The lowest BCUT2D eigenvalue weighted by Gasteiger charge is -2.32. The Morgan fingerprint density at radius 2 is 1.81 bits per heavy atom. The topological polar surface area (TPSA) is 94.3 Å². The number of rotatable bonds is 4. The van der Waals surface area contributed by atoms with Gasteiger partial charge in [-0.3, -0.25) is 25.2 Å². The molecule has 1 aliphatic heterocycles. The molecule has 0 radical (unpaired) electrons. The van der Waals surface area contributed by atoms with Crippen LogP contribution < -0.4 is 10.9 Å². The van der Waals surface area contributed by atoms with Gasteiger partial charge in [-0.25, -0.2) is 0 Å². The van der Waals surface area contributed by atoms with Crippen molar-refractivity contribution in [1.82, 2.24) is 20.7 Å². The van der Waals surface area contributed by atoms with E-state index >= 15 is 0 Å². The van der Waals surface area contributed by atoms with Gasteiger partial charge in [0.05, 0.1) is 12.3 Å². The van der Waals surface area contributed by atoms with Crippen molar-refractivity contribution in [2.75, 3.05) is 13.1 Å². The number of aryl methyl sites for hydroxylation is 2. The predicted molar refractivity (Wildman–Crippen MR) is 123 cm³/mol. The lowest BCUT2D eigenvalue weighted by molar-refractivity contribution is -0.131. The SMILES string of the molecule is Cc1cc(C)cc(C(=O)N2CCCC(C(=O)NNC(=O)Cc3c[nH]c4ccccc34)C2)c1. The number of amides is 3. The molecule has 1 aliphatic rings. The Bertz CT molecular complexity index is 1150. The zero-order chi connectivity index (χ0) is 22.7. The van der Waals surface area contributed by atoms with E-state index in [0.717, 1.165) is 34.0 Å². The van der Waals surface area contributed by atoms with Crippen molar-refractivity contribution in [3.05, 3.63) is 70.9 Å². The highest BCUT2D eigenvalue weighted by Crippen LogP contribution is 2.20. The average Bonchev–Trinajstić information content (AvgIpc) is 3.19. The Balaban J connectivity index is 1.32. The molecule has 1 unspecified atom stereocenters. The number of para-hydroxylation sites is 1. The molecule has 4 rings (SSSR count). The fraction of sp³-hybridized carbons (Fsp3) is 0.320. The molecule has 2 heterocycles. The summed E-state index contributed by atoms with van der Waals surface area (Å²) in [5.74, 6) is -0.970. The molecule has 0 bridgehead atoms. The van der Waals surface area contributed by atoms with Crippen molar-refractivity contribution >= 4 is 28.6 Å². The number of benzene rings is 2. The fourth-order valence-electron chi connectivity index (χ4n) is 4.38. The van der Waals surface area contributed by atoms with Crippen LogP contribution >= 0.6 is 0 Å². The summed E-state index contributed by atoms with van der Waals surface area (Å²) in [7, 11) is 0. The minimum absolute atomic E-state index is 0.0577. The lowest BCUT2D eigenvalue weighted by Crippen LogP contribution is -2.50. The minimum atomic E-state index is -0.355. The summed E-state index contributed by atoms with van der Waals surface area (Å²) in [6.07, 6.45) is 3.40. The van der Waals surface area contributed by atoms with E-state index in [1.807, 2.05) is 62.5 Å². The van der Waals surface area contributed by atoms with Crippen molar-refractivity contribution in [2.45, 2.75) is 33.1 Å². The van der Waals surface area contributed by atoms with Crippen LogP contribution in [-0.2, 0) is 16.0 Å². The Morgan fingerprint density at radius 1 is 1.06 bits per heavy atom. The van der Waals surface area contributed by atoms with Crippen LogP contribution in [0.15, 0.2) is 48.7 Å². The molecule has 2 aromatic carbocycles. The third kappa shape index (κ3) is 4.82. The number of nitrogens with one attached hydrogen (secondary N) is 3. The van der Waals surface area contributed by atoms with Gasteiger partial charge < -0.3 is 9.88 Å². The second-order valence-electron chi connectivity index (χ2n) is 8.54. The largest absolute Gasteiger partial charge is 0.361 e. The zero-order valence-electron chi connectivity index (χ0n) is 18.4. The van der Waals surface area contributed by atoms with Gasteiger partial charge in [0.1, 0.15) is 0 Å². The summed E-state index contributed by atoms with van der Waals surface area (Å²) >= 11 is 0. The van der Waals surface area contributed by atoms with Gasteiger partial charge in [-0.2, -0.15) is 0 Å². The Hall–Kier alpha value is -3.61. The molecule has 0 aliphatic carbocycles. The highest BCUT2D eigenvalue weighted by Gasteiger charge is 2.29. The maximum absolute atomic E-state index is 12.9. The van der Waals surface area contributed by atoms with E-state index in [9.17, 15) is 14.4 Å². The molecular weight excluding hydrogens is 404 g/mol. The first-order chi connectivity index (χ1) is 15.4. The van der Waals surface area contributed by atoms with E-state index < -0.39 is 0 Å². The normalized spacial score (nSPS) is 16.1. The van der Waals surface area contributed by atoms with Gasteiger partial charge in [0.25, 0.3) is 5.91 Å². The molecule has 1 saturated heterocycles. The molecule has 3 amide bonds. The van der Waals surface area contributed by atoms with Crippen LogP contribution in [0, 0.1) is 19.8 Å². The maximum Gasteiger partial charge on any atom is 0.253 e. The molecule has 7 nitrogen and oxygen atoms in total. The molecule has 7 heteroatoms. The molecular formula is C25H28N4O3. The van der Waals surface area contributed by atoms with Crippen LogP contribution in [0.25, 0.3) is 10.9 Å². The quantitative estimate of drug-likeness (QED) is 0.553. The molecule has 3 aromatic rings. The number of H-pyrrole nitrogens is 1. The number of hydrogen-bond acceptors (Lipinski definition) is 3. The third-order valence-corrected chi connectivity index (χ3v) is 5.90. The Labute approximate surface area is 187 Å². The van der Waals surface area contributed by atoms with Crippen molar-refractivity contribution < 1.29 is 14.4 Å². The molecule has 0 saturated carbocycles. The van der Waals surface area contributed by atoms with E-state index in [1.165, 1.54) is 0 Å². The number of aromatic amines is 1. The number of carbonyl (C=O) groups excluding carboxylic acids is 3. The summed E-state index contributed by atoms with van der Waals surface area (Å²) < 4.78 is 0. The number of nitrogens with zero attached hydrogens (tertiary/aromatic N) is 1. The first kappa shape index (κ1) is 21.6. The van der Waals surface area contributed by atoms with E-state index in [1.54, 1.807) is 4.90 Å². The van der Waals surface area contributed by atoms with Crippen LogP contribution in [0.3, 0.4) is 0 Å². The second-order valence-corrected chi connectivity index (χ2v) is 8.54. The van der Waals surface area contributed by atoms with E-state index in [4.69, 9.17) is 0 Å². The van der Waals surface area contributed by atoms with Gasteiger partial charge in [0.15, 0.2) is 0 Å². The zero-order valence-corrected chi connectivity index (χ0v) is 18.4. The number of fused-ring (bicyclic) bond motifs is 1. The van der Waals surface area contributed by atoms with E-state index in [0.29, 0.717) is 25.1 Å². The van der Waals surface area contributed by atoms with Crippen LogP contribution in [-0.4, -0.2) is 40.7 Å². The molecule has 0 spiro atoms. The van der Waals surface area contributed by atoms with Gasteiger partial charge in [0, 0.05) is 35.8 Å². The Morgan fingerprint density at radius 3 is 2.59 bits per heavy atom. The van der Waals surface area contributed by atoms with Gasteiger partial charge >= 0.3 is 0 Å². The third-order valence-electron chi connectivity index (χ3n) is 5.90. The monoisotopic (exact) mass is 432 g/mol. The van der Waals surface area contributed by atoms with Gasteiger partial charge in [0.2, 0.25) is 11.8 Å². The maximum atomic E-state index is 12.9. The number of carbonyl (C=O) groups is 3. The van der Waals surface area contributed by atoms with Crippen LogP contribution in [0.4, 0.5) is 0 Å². The minimum Gasteiger partial charge on any atom is -0.361 e. The number of hydrogen-bond donors (Lipinski definition) is 3. The second kappa shape index (κ2) is 9.26. The van der Waals surface area contributed by atoms with Crippen LogP contribution in [0.5, 0.6) is 0 Å². The average molecular weight is 433 g/mol. The predicted octanol–water partition coefficient (Wildman–Crippen LogP) is 3.03. The first-order valence-corrected chi connectivity index (χ1v) is 10.9. The van der Waals surface area contributed by atoms with Crippen molar-refractivity contribution in [2.24, 2.45) is 5.92 Å². The fourth-order valence-corrected chi connectivity index (χ4v) is 4.38. The van der Waals surface area contributed by atoms with E-state index in [-0.39, 0.29) is 30.1 Å². The van der Waals surface area contributed by atoms with Crippen molar-refractivity contribution in [1.29, 1.82) is 0 Å². The summed E-state index contributed by atoms with van der Waals surface area (Å²) in [6, 6.07) is 13.5. The first-order valence-electron chi connectivity index (χ1n) is 10.9.